The van der Waals surface area contributed by atoms with Crippen molar-refractivity contribution < 1.29 is 14.3 Å². The molecule has 21 heavy (non-hydrogen) atoms. The average Bonchev–Trinajstić information content (AvgIpc) is 2.47. The lowest BCUT2D eigenvalue weighted by Gasteiger charge is -2.14. The zero-order valence-corrected chi connectivity index (χ0v) is 12.8. The predicted molar refractivity (Wildman–Crippen MR) is 80.9 cm³/mol. The van der Waals surface area contributed by atoms with Crippen LogP contribution in [-0.2, 0) is 14.3 Å². The maximum Gasteiger partial charge on any atom is 0.253 e. The molecule has 0 spiro atoms. The molecule has 1 rings (SSSR count). The van der Waals surface area contributed by atoms with Gasteiger partial charge in [0.1, 0.15) is 6.10 Å². The molecule has 5 heteroatoms. The van der Waals surface area contributed by atoms with Gasteiger partial charge in [-0.15, -0.1) is 0 Å². The van der Waals surface area contributed by atoms with E-state index in [2.05, 4.69) is 19.2 Å². The SMILES string of the molecule is CC(C)COCCOC(C)C(=O)Nc1ccc(C#N)cc1. The number of rotatable bonds is 8. The lowest BCUT2D eigenvalue weighted by atomic mass is 10.2. The summed E-state index contributed by atoms with van der Waals surface area (Å²) in [7, 11) is 0. The Morgan fingerprint density at radius 2 is 1.90 bits per heavy atom. The molecule has 0 aliphatic heterocycles. The monoisotopic (exact) mass is 290 g/mol. The van der Waals surface area contributed by atoms with Crippen molar-refractivity contribution >= 4 is 11.6 Å². The highest BCUT2D eigenvalue weighted by Gasteiger charge is 2.13. The molecule has 1 atom stereocenters. The number of carbonyl (C=O) groups is 1. The predicted octanol–water partition coefficient (Wildman–Crippen LogP) is 2.57. The average molecular weight is 290 g/mol. The van der Waals surface area contributed by atoms with Gasteiger partial charge in [-0.05, 0) is 37.1 Å². The van der Waals surface area contributed by atoms with E-state index in [1.54, 1.807) is 31.2 Å². The van der Waals surface area contributed by atoms with Crippen LogP contribution < -0.4 is 5.32 Å². The van der Waals surface area contributed by atoms with E-state index in [-0.39, 0.29) is 5.91 Å². The zero-order chi connectivity index (χ0) is 15.7. The number of amides is 1. The Hall–Kier alpha value is -1.90. The summed E-state index contributed by atoms with van der Waals surface area (Å²) in [5.41, 5.74) is 1.20. The second kappa shape index (κ2) is 9.11. The van der Waals surface area contributed by atoms with Gasteiger partial charge >= 0.3 is 0 Å². The molecule has 0 aliphatic carbocycles. The molecule has 1 amide bonds. The van der Waals surface area contributed by atoms with Crippen LogP contribution in [0.1, 0.15) is 26.3 Å². The summed E-state index contributed by atoms with van der Waals surface area (Å²) in [4.78, 5) is 11.9. The van der Waals surface area contributed by atoms with Crippen LogP contribution in [0.4, 0.5) is 5.69 Å². The van der Waals surface area contributed by atoms with E-state index in [1.807, 2.05) is 6.07 Å². The van der Waals surface area contributed by atoms with Gasteiger partial charge in [-0.2, -0.15) is 5.26 Å². The molecule has 0 heterocycles. The third-order valence-electron chi connectivity index (χ3n) is 2.70. The van der Waals surface area contributed by atoms with E-state index in [4.69, 9.17) is 14.7 Å². The van der Waals surface area contributed by atoms with E-state index in [0.717, 1.165) is 0 Å². The molecular formula is C16H22N2O3. The largest absolute Gasteiger partial charge is 0.379 e. The summed E-state index contributed by atoms with van der Waals surface area (Å²) in [5, 5.41) is 11.4. The first-order chi connectivity index (χ1) is 10.0. The maximum atomic E-state index is 11.9. The van der Waals surface area contributed by atoms with Gasteiger partial charge in [0.2, 0.25) is 0 Å². The summed E-state index contributed by atoms with van der Waals surface area (Å²) in [6.45, 7) is 7.40. The molecule has 1 N–H and O–H groups in total. The minimum atomic E-state index is -0.553. The highest BCUT2D eigenvalue weighted by molar-refractivity contribution is 5.93. The molecule has 0 saturated heterocycles. The van der Waals surface area contributed by atoms with Crippen LogP contribution in [0.5, 0.6) is 0 Å². The standard InChI is InChI=1S/C16H22N2O3/c1-12(2)11-20-8-9-21-13(3)16(19)18-15-6-4-14(10-17)5-7-15/h4-7,12-13H,8-9,11H2,1-3H3,(H,18,19). The van der Waals surface area contributed by atoms with Crippen molar-refractivity contribution in [1.29, 1.82) is 5.26 Å². The molecule has 0 aliphatic rings. The third-order valence-corrected chi connectivity index (χ3v) is 2.70. The van der Waals surface area contributed by atoms with Gasteiger partial charge < -0.3 is 14.8 Å². The molecular weight excluding hydrogens is 268 g/mol. The Morgan fingerprint density at radius 1 is 1.24 bits per heavy atom. The van der Waals surface area contributed by atoms with Crippen molar-refractivity contribution in [2.24, 2.45) is 5.92 Å². The fraction of sp³-hybridized carbons (Fsp3) is 0.500. The molecule has 114 valence electrons. The first-order valence-corrected chi connectivity index (χ1v) is 7.03. The topological polar surface area (TPSA) is 71.3 Å². The smallest absolute Gasteiger partial charge is 0.253 e. The number of nitrogens with one attached hydrogen (secondary N) is 1. The Bertz CT molecular complexity index is 477. The van der Waals surface area contributed by atoms with Crippen LogP contribution in [0.3, 0.4) is 0 Å². The van der Waals surface area contributed by atoms with E-state index in [9.17, 15) is 4.79 Å². The number of hydrogen-bond acceptors (Lipinski definition) is 4. The highest BCUT2D eigenvalue weighted by Crippen LogP contribution is 2.09. The second-order valence-corrected chi connectivity index (χ2v) is 5.16. The summed E-state index contributed by atoms with van der Waals surface area (Å²) >= 11 is 0. The number of nitrogens with zero attached hydrogens (tertiary/aromatic N) is 1. The fourth-order valence-electron chi connectivity index (χ4n) is 1.55. The molecule has 1 aromatic rings. The van der Waals surface area contributed by atoms with Crippen LogP contribution in [0.15, 0.2) is 24.3 Å². The molecule has 0 fully saturated rings. The van der Waals surface area contributed by atoms with Crippen molar-refractivity contribution in [2.75, 3.05) is 25.1 Å². The van der Waals surface area contributed by atoms with Crippen molar-refractivity contribution in [3.63, 3.8) is 0 Å². The van der Waals surface area contributed by atoms with Crippen molar-refractivity contribution in [3.8, 4) is 6.07 Å². The summed E-state index contributed by atoms with van der Waals surface area (Å²) in [6, 6.07) is 8.71. The van der Waals surface area contributed by atoms with Gasteiger partial charge in [-0.3, -0.25) is 4.79 Å². The lowest BCUT2D eigenvalue weighted by Crippen LogP contribution is -2.29. The molecule has 0 saturated carbocycles. The number of ether oxygens (including phenoxy) is 2. The van der Waals surface area contributed by atoms with E-state index < -0.39 is 6.10 Å². The van der Waals surface area contributed by atoms with E-state index >= 15 is 0 Å². The first-order valence-electron chi connectivity index (χ1n) is 7.03. The van der Waals surface area contributed by atoms with Crippen molar-refractivity contribution in [3.05, 3.63) is 29.8 Å². The Kier molecular flexibility index (Phi) is 7.44. The molecule has 1 aromatic carbocycles. The Morgan fingerprint density at radius 3 is 2.48 bits per heavy atom. The molecule has 0 radical (unpaired) electrons. The van der Waals surface area contributed by atoms with Crippen LogP contribution >= 0.6 is 0 Å². The van der Waals surface area contributed by atoms with Gasteiger partial charge in [-0.1, -0.05) is 13.8 Å². The Balaban J connectivity index is 2.28. The minimum absolute atomic E-state index is 0.219. The number of anilines is 1. The summed E-state index contributed by atoms with van der Waals surface area (Å²) in [5.74, 6) is 0.269. The number of hydrogen-bond donors (Lipinski definition) is 1. The molecule has 5 nitrogen and oxygen atoms in total. The zero-order valence-electron chi connectivity index (χ0n) is 12.8. The van der Waals surface area contributed by atoms with Gasteiger partial charge in [0.25, 0.3) is 5.91 Å². The van der Waals surface area contributed by atoms with Crippen LogP contribution in [0.25, 0.3) is 0 Å². The number of nitriles is 1. The van der Waals surface area contributed by atoms with Crippen LogP contribution in [0, 0.1) is 17.2 Å². The van der Waals surface area contributed by atoms with Gasteiger partial charge in [0, 0.05) is 12.3 Å². The number of carbonyl (C=O) groups excluding carboxylic acids is 1. The first kappa shape index (κ1) is 17.2. The lowest BCUT2D eigenvalue weighted by molar-refractivity contribution is -0.127. The normalized spacial score (nSPS) is 12.0. The summed E-state index contributed by atoms with van der Waals surface area (Å²) in [6.07, 6.45) is -0.553. The number of benzene rings is 1. The third kappa shape index (κ3) is 6.89. The molecule has 1 unspecified atom stereocenters. The second-order valence-electron chi connectivity index (χ2n) is 5.16. The molecule has 0 bridgehead atoms. The van der Waals surface area contributed by atoms with Crippen molar-refractivity contribution in [2.45, 2.75) is 26.9 Å². The maximum absolute atomic E-state index is 11.9. The van der Waals surface area contributed by atoms with Gasteiger partial charge in [0.05, 0.1) is 24.8 Å². The molecule has 0 aromatic heterocycles. The highest BCUT2D eigenvalue weighted by atomic mass is 16.5. The summed E-state index contributed by atoms with van der Waals surface area (Å²) < 4.78 is 10.8. The van der Waals surface area contributed by atoms with Gasteiger partial charge in [-0.25, -0.2) is 0 Å². The fourth-order valence-corrected chi connectivity index (χ4v) is 1.55. The quantitative estimate of drug-likeness (QED) is 0.747. The van der Waals surface area contributed by atoms with Crippen LogP contribution in [-0.4, -0.2) is 31.8 Å². The van der Waals surface area contributed by atoms with Crippen molar-refractivity contribution in [1.82, 2.24) is 0 Å². The van der Waals surface area contributed by atoms with E-state index in [1.165, 1.54) is 0 Å². The minimum Gasteiger partial charge on any atom is -0.379 e. The van der Waals surface area contributed by atoms with Crippen LogP contribution in [0.2, 0.25) is 0 Å². The Labute approximate surface area is 125 Å². The van der Waals surface area contributed by atoms with Gasteiger partial charge in [0.15, 0.2) is 0 Å². The van der Waals surface area contributed by atoms with E-state index in [0.29, 0.717) is 37.0 Å².